The van der Waals surface area contributed by atoms with Crippen molar-refractivity contribution >= 4 is 110 Å². The van der Waals surface area contributed by atoms with Crippen LogP contribution in [0.1, 0.15) is 248 Å². The van der Waals surface area contributed by atoms with E-state index in [4.69, 9.17) is 92.3 Å². The number of hydrogen-bond acceptors (Lipinski definition) is 13. The van der Waals surface area contributed by atoms with E-state index in [1.165, 1.54) is 33.1 Å². The van der Waals surface area contributed by atoms with E-state index >= 15 is 0 Å². The van der Waals surface area contributed by atoms with Crippen molar-refractivity contribution in [1.29, 1.82) is 0 Å². The van der Waals surface area contributed by atoms with Crippen LogP contribution in [0.2, 0.25) is 25.1 Å². The Kier molecular flexibility index (Phi) is 38.7. The van der Waals surface area contributed by atoms with Crippen molar-refractivity contribution in [2.45, 2.75) is 198 Å². The summed E-state index contributed by atoms with van der Waals surface area (Å²) in [6.45, 7) is 7.62. The van der Waals surface area contributed by atoms with Gasteiger partial charge >= 0.3 is 42.9 Å². The number of aliphatic hydroxyl groups excluding tert-OH is 5. The molecule has 4 saturated carbocycles. The van der Waals surface area contributed by atoms with E-state index in [1.807, 2.05) is 166 Å². The second-order valence-corrected chi connectivity index (χ2v) is 38.7. The Bertz CT molecular complexity index is 5060. The van der Waals surface area contributed by atoms with Gasteiger partial charge in [0.2, 0.25) is 0 Å². The third kappa shape index (κ3) is 31.5. The number of aromatic carboxylic acids is 2. The van der Waals surface area contributed by atoms with Gasteiger partial charge in [-0.1, -0.05) is 179 Å². The van der Waals surface area contributed by atoms with Crippen LogP contribution in [-0.4, -0.2) is 94.4 Å². The molecule has 0 aromatic heterocycles. The first-order chi connectivity index (χ1) is 62.9. The molecule has 4 unspecified atom stereocenters. The first-order valence-corrected chi connectivity index (χ1v) is 46.5. The van der Waals surface area contributed by atoms with Crippen LogP contribution in [0.25, 0.3) is 0 Å². The summed E-state index contributed by atoms with van der Waals surface area (Å²) in [4.78, 5) is 48.5. The van der Waals surface area contributed by atoms with Crippen LogP contribution < -0.4 is 24.6 Å². The summed E-state index contributed by atoms with van der Waals surface area (Å²) >= 11 is 32.5. The van der Waals surface area contributed by atoms with Gasteiger partial charge in [0.05, 0.1) is 59.9 Å². The van der Waals surface area contributed by atoms with Gasteiger partial charge in [0.1, 0.15) is 5.60 Å². The van der Waals surface area contributed by atoms with Crippen molar-refractivity contribution < 1.29 is 102 Å². The van der Waals surface area contributed by atoms with Crippen molar-refractivity contribution in [3.05, 3.63) is 344 Å². The van der Waals surface area contributed by atoms with Crippen molar-refractivity contribution in [3.63, 3.8) is 0 Å². The number of rotatable bonds is 24. The van der Waals surface area contributed by atoms with E-state index < -0.39 is 54.1 Å². The maximum atomic E-state index is 13.1. The van der Waals surface area contributed by atoms with Crippen LogP contribution in [0.5, 0.6) is 0 Å². The number of esters is 1. The zero-order valence-electron chi connectivity index (χ0n) is 78.7. The molecule has 10 aromatic rings. The number of amides is 1. The maximum absolute atomic E-state index is 13.1. The quantitative estimate of drug-likeness (QED) is 0.0121. The molecule has 0 spiro atoms. The number of nitrogen functional groups attached to an aromatic ring is 1. The Hall–Kier alpha value is -7.78. The molecule has 1 saturated heterocycles. The zero-order chi connectivity index (χ0) is 95.4. The number of carboxylic acids is 2. The molecular formula is C104H129Cl5ILiN2O14. The Labute approximate surface area is 812 Å². The fourth-order valence-corrected chi connectivity index (χ4v) is 19.9. The van der Waals surface area contributed by atoms with Gasteiger partial charge in [-0.15, -0.1) is 0 Å². The summed E-state index contributed by atoms with van der Waals surface area (Å²) in [5.41, 5.74) is 17.4. The summed E-state index contributed by atoms with van der Waals surface area (Å²) in [5, 5.41) is 74.8. The molecule has 1 amide bonds. The fourth-order valence-electron chi connectivity index (χ4n) is 18.6. The first-order valence-electron chi connectivity index (χ1n) is 46.6. The van der Waals surface area contributed by atoms with Gasteiger partial charge < -0.3 is 56.4 Å². The minimum Gasteiger partial charge on any atom is -0.870 e. The first kappa shape index (κ1) is 98.3. The number of carbonyl (C=O) groups is 4. The van der Waals surface area contributed by atoms with Gasteiger partial charge in [-0.05, 0) is 397 Å². The van der Waals surface area contributed by atoms with Crippen LogP contribution in [0.3, 0.4) is 0 Å². The van der Waals surface area contributed by atoms with Crippen LogP contribution in [0.15, 0.2) is 243 Å². The van der Waals surface area contributed by atoms with Crippen molar-refractivity contribution in [2.24, 2.45) is 47.3 Å². The molecule has 15 rings (SSSR count). The Morgan fingerprint density at radius 1 is 0.417 bits per heavy atom. The predicted octanol–water partition coefficient (Wildman–Crippen LogP) is 23.6. The van der Waals surface area contributed by atoms with E-state index in [9.17, 15) is 44.7 Å². The zero-order valence-corrected chi connectivity index (χ0v) is 78.7. The van der Waals surface area contributed by atoms with E-state index in [0.717, 1.165) is 129 Å². The van der Waals surface area contributed by atoms with E-state index in [0.29, 0.717) is 103 Å². The van der Waals surface area contributed by atoms with Gasteiger partial charge in [0.15, 0.2) is 0 Å². The second kappa shape index (κ2) is 50.0. The molecule has 127 heavy (non-hydrogen) atoms. The molecule has 10 N–H and O–H groups in total. The summed E-state index contributed by atoms with van der Waals surface area (Å²) in [6.07, 6.45) is 15.8. The number of aliphatic hydroxyl groups is 5. The largest absolute Gasteiger partial charge is 1.00 e. The number of likely N-dealkylation sites (tertiary alicyclic amines) is 1. The van der Waals surface area contributed by atoms with Crippen LogP contribution in [0.4, 0.5) is 10.5 Å². The van der Waals surface area contributed by atoms with Crippen molar-refractivity contribution in [1.82, 2.24) is 4.90 Å². The molecule has 5 fully saturated rings. The average Bonchev–Trinajstić information content (AvgIpc) is 1.64. The van der Waals surface area contributed by atoms with E-state index in [-0.39, 0.29) is 64.1 Å². The van der Waals surface area contributed by atoms with Gasteiger partial charge in [-0.3, -0.25) is 4.90 Å². The summed E-state index contributed by atoms with van der Waals surface area (Å²) in [7, 11) is 0. The number of hydrogen-bond donors (Lipinski definition) is 8. The van der Waals surface area contributed by atoms with Crippen LogP contribution in [-0.2, 0) is 41.6 Å². The Morgan fingerprint density at radius 2 is 0.701 bits per heavy atom. The standard InChI is InChI=1S/C24H28ClNO5.C22H25ClO3.C20H21ClO3.C19H20ClIO.C19H22ClNO.Li.H2O.6H2/c1-24(2,3)31-23(30)26-19(13-15-7-9-16(10-8-15)22(28)29)11-12-20(26)21(27)17-5-4-6-18(25)14-17;1-2-26-22(25)17-9-6-15(7-10-17)12-16-8-11-19(13-16)21(24)18-4-3-5-20(23)14-18;21-18-3-1-2-16(12-18)19(22)17-9-6-14(11-17)10-13-4-7-15(8-5-13)20(23)24;2*20-17-3-1-2-15(12-17)19(22)16-7-4-14(11-16)10-13-5-8-18(21)9-6-13;;;;;;;;/h4-10,14,19-21,27H,11-13H2,1-3H3,(H,28,29);3-7,9-10,14,16,19,21,24H,2,8,11-13H2,1H3;1-5,7-8,12,14,17,19,22H,6,9-11H2,(H,23,24);1-3,5-6,8-9,12,14,16,19,22H,4,7,10-11H2;1-3,5-6,8-9,12,14,16,19,22H,4,7,10-11,21H2;;1H2;6*1H/q;;;;;+1;;;;;;;/p-1/t19-,20+,21+;16?,19-,21+;14?,17-,19+;2*14?,16-,19+;;;;;;;;/m00000......../s1/i;;;;;;;3*1+1D;3*1+1. The number of benzene rings is 10. The van der Waals surface area contributed by atoms with Crippen LogP contribution >= 0.6 is 80.6 Å². The third-order valence-electron chi connectivity index (χ3n) is 24.9. The molecular weight excluding hydrogens is 1810 g/mol. The molecule has 682 valence electrons. The molecule has 1 aliphatic heterocycles. The van der Waals surface area contributed by atoms with Gasteiger partial charge in [0.25, 0.3) is 0 Å². The molecule has 16 nitrogen and oxygen atoms in total. The smallest absolute Gasteiger partial charge is 0.870 e. The number of carbonyl (C=O) groups excluding carboxylic acids is 2. The SMILES string of the molecule is CC(C)(C)OC(=O)N1[C@H](Cc2ccc(C(=O)O)cc2)CC[C@@H]1[C@H](O)c1cccc(Cl)c1.CCOC(=O)c1ccc(CC2CC[C@H]([C@H](O)c3cccc(Cl)c3)C2)cc1.Nc1ccc(CC2CC[C@H]([C@H](O)c3cccc(Cl)c3)C2)cc1.O=C(O)c1ccc(CC2CC[C@H]([C@H](O)c3cccc(Cl)c3)C2)cc1.O[C@H](c1cccc(Cl)c1)[C@H]1CCC(Cc2ccc(I)cc2)C1.[2HH].[2HH].[2HH].[2H][2H].[2H][2H].[2H][2H].[Li+].[OH-]. The molecule has 5 aliphatic rings. The van der Waals surface area contributed by atoms with Gasteiger partial charge in [-0.25, -0.2) is 19.2 Å². The van der Waals surface area contributed by atoms with Crippen molar-refractivity contribution in [2.75, 3.05) is 12.3 Å². The number of ether oxygens (including phenoxy) is 2. The number of nitrogens with zero attached hydrogens (tertiary/aromatic N) is 1. The van der Waals surface area contributed by atoms with Gasteiger partial charge in [-0.2, -0.15) is 0 Å². The summed E-state index contributed by atoms with van der Waals surface area (Å²) < 4.78 is 41.9. The number of anilines is 1. The topological polar surface area (TPSA) is 288 Å². The minimum atomic E-state index is -0.979. The molecule has 0 radical (unpaired) electrons. The summed E-state index contributed by atoms with van der Waals surface area (Å²) in [5.74, 6) is 1.47. The molecule has 15 atom stereocenters. The number of carboxylic acid groups (broad SMARTS) is 2. The monoisotopic (exact) mass is 1950 g/mol. The fraction of sp³-hybridized carbons (Fsp3) is 0.385. The van der Waals surface area contributed by atoms with Crippen LogP contribution in [0, 0.1) is 50.9 Å². The molecule has 10 aromatic carbocycles. The van der Waals surface area contributed by atoms with E-state index in [1.54, 1.807) is 72.5 Å². The predicted molar refractivity (Wildman–Crippen MR) is 523 cm³/mol. The molecule has 0 bridgehead atoms. The molecule has 1 heterocycles. The molecule has 23 heteroatoms. The average molecular weight is 1950 g/mol. The second-order valence-electron chi connectivity index (χ2n) is 35.3. The molecule has 4 aliphatic carbocycles. The van der Waals surface area contributed by atoms with Crippen molar-refractivity contribution in [3.8, 4) is 0 Å². The van der Waals surface area contributed by atoms with E-state index in [2.05, 4.69) is 59.0 Å². The maximum Gasteiger partial charge on any atom is 1.00 e. The minimum absolute atomic E-state index is 0. The third-order valence-corrected chi connectivity index (χ3v) is 26.8. The summed E-state index contributed by atoms with van der Waals surface area (Å²) in [6, 6.07) is 74.9. The number of nitrogens with two attached hydrogens (primary N) is 1. The Morgan fingerprint density at radius 3 is 0.992 bits per heavy atom. The number of halogens is 6. The van der Waals surface area contributed by atoms with Gasteiger partial charge in [0, 0.05) is 53.6 Å². The Balaban J connectivity index is 0.000000429. The normalized spacial score (nSPS) is 21.2.